The molecule has 0 aromatic rings. The minimum atomic E-state index is -2.61. The summed E-state index contributed by atoms with van der Waals surface area (Å²) in [4.78, 5) is 0. The molecule has 0 heterocycles. The second-order valence-electron chi connectivity index (χ2n) is 3.03. The highest BCUT2D eigenvalue weighted by molar-refractivity contribution is 6.63. The number of hydrogen-bond donors (Lipinski definition) is 0. The molecular weight excluding hydrogens is 208 g/mol. The molecule has 0 fully saturated rings. The van der Waals surface area contributed by atoms with Crippen molar-refractivity contribution in [1.29, 1.82) is 0 Å². The highest BCUT2D eigenvalue weighted by Gasteiger charge is 2.46. The lowest BCUT2D eigenvalue weighted by Crippen LogP contribution is -2.49. The van der Waals surface area contributed by atoms with Gasteiger partial charge in [-0.2, -0.15) is 0 Å². The predicted octanol–water partition coefficient (Wildman–Crippen LogP) is 2.82. The zero-order chi connectivity index (χ0) is 11.7. The van der Waals surface area contributed by atoms with Crippen LogP contribution >= 0.6 is 0 Å². The maximum atomic E-state index is 5.74. The molecule has 0 aliphatic rings. The summed E-state index contributed by atoms with van der Waals surface area (Å²) in [6.07, 6.45) is 2.52. The third-order valence-electron chi connectivity index (χ3n) is 2.09. The van der Waals surface area contributed by atoms with Gasteiger partial charge in [-0.25, -0.2) is 0 Å². The van der Waals surface area contributed by atoms with Crippen LogP contribution in [0.3, 0.4) is 0 Å². The molecule has 89 valence electrons. The molecule has 0 aromatic heterocycles. The first kappa shape index (κ1) is 14.8. The van der Waals surface area contributed by atoms with E-state index in [1.54, 1.807) is 0 Å². The van der Waals surface area contributed by atoms with Gasteiger partial charge in [0.15, 0.2) is 0 Å². The molecule has 0 saturated carbocycles. The van der Waals surface area contributed by atoms with Crippen molar-refractivity contribution in [1.82, 2.24) is 0 Å². The highest BCUT2D eigenvalue weighted by Crippen LogP contribution is 2.29. The van der Waals surface area contributed by atoms with Crippen molar-refractivity contribution in [2.75, 3.05) is 19.8 Å². The van der Waals surface area contributed by atoms with Crippen molar-refractivity contribution < 1.29 is 13.3 Å². The van der Waals surface area contributed by atoms with Crippen LogP contribution in [0.25, 0.3) is 0 Å². The van der Waals surface area contributed by atoms with E-state index in [0.29, 0.717) is 26.2 Å². The molecule has 15 heavy (non-hydrogen) atoms. The van der Waals surface area contributed by atoms with E-state index in [9.17, 15) is 0 Å². The lowest BCUT2D eigenvalue weighted by atomic mass is 10.3. The first-order valence-electron chi connectivity index (χ1n) is 5.54. The summed E-state index contributed by atoms with van der Waals surface area (Å²) in [5.74, 6) is 0. The van der Waals surface area contributed by atoms with Crippen LogP contribution in [0.4, 0.5) is 0 Å². The molecule has 0 bridgehead atoms. The Morgan fingerprint density at radius 3 is 1.67 bits per heavy atom. The van der Waals surface area contributed by atoms with Gasteiger partial charge in [-0.1, -0.05) is 13.0 Å². The monoisotopic (exact) mass is 231 g/mol. The van der Waals surface area contributed by atoms with E-state index in [1.165, 1.54) is 0 Å². The Balaban J connectivity index is 4.79. The van der Waals surface area contributed by atoms with E-state index < -0.39 is 8.80 Å². The van der Waals surface area contributed by atoms with E-state index in [4.69, 9.17) is 13.3 Å². The first-order valence-corrected chi connectivity index (χ1v) is 7.34. The van der Waals surface area contributed by atoms with Crippen LogP contribution in [0, 0.1) is 6.92 Å². The Bertz CT molecular complexity index is 156. The van der Waals surface area contributed by atoms with Crippen LogP contribution in [-0.4, -0.2) is 28.6 Å². The minimum Gasteiger partial charge on any atom is -0.373 e. The first-order chi connectivity index (χ1) is 7.20. The maximum Gasteiger partial charge on any atom is 0.508 e. The summed E-state index contributed by atoms with van der Waals surface area (Å²) in [6.45, 7) is 15.3. The Kier molecular flexibility index (Phi) is 7.96. The summed E-state index contributed by atoms with van der Waals surface area (Å²) in [6, 6.07) is 0. The van der Waals surface area contributed by atoms with E-state index in [0.717, 1.165) is 0 Å². The minimum absolute atomic E-state index is 0.0809. The second kappa shape index (κ2) is 8.04. The second-order valence-corrected chi connectivity index (χ2v) is 5.85. The summed E-state index contributed by atoms with van der Waals surface area (Å²) >= 11 is 0. The third-order valence-corrected chi connectivity index (χ3v) is 5.59. The van der Waals surface area contributed by atoms with Crippen LogP contribution in [0.15, 0.2) is 12.7 Å². The van der Waals surface area contributed by atoms with E-state index in [1.807, 2.05) is 26.8 Å². The third kappa shape index (κ3) is 4.07. The van der Waals surface area contributed by atoms with Gasteiger partial charge in [0.1, 0.15) is 0 Å². The topological polar surface area (TPSA) is 27.7 Å². The quantitative estimate of drug-likeness (QED) is 0.451. The molecule has 0 N–H and O–H groups in total. The molecule has 3 nitrogen and oxygen atoms in total. The van der Waals surface area contributed by atoms with Gasteiger partial charge in [-0.3, -0.25) is 0 Å². The Morgan fingerprint density at radius 2 is 1.47 bits per heavy atom. The molecule has 4 heteroatoms. The van der Waals surface area contributed by atoms with Gasteiger partial charge >= 0.3 is 8.80 Å². The maximum absolute atomic E-state index is 5.74. The molecule has 0 aromatic carbocycles. The van der Waals surface area contributed by atoms with Crippen molar-refractivity contribution in [3.05, 3.63) is 19.6 Å². The molecule has 0 aliphatic heterocycles. The van der Waals surface area contributed by atoms with Crippen LogP contribution < -0.4 is 0 Å². The van der Waals surface area contributed by atoms with Crippen molar-refractivity contribution in [2.45, 2.75) is 32.7 Å². The highest BCUT2D eigenvalue weighted by atomic mass is 28.4. The fourth-order valence-corrected chi connectivity index (χ4v) is 4.23. The van der Waals surface area contributed by atoms with Gasteiger partial charge in [0.2, 0.25) is 0 Å². The van der Waals surface area contributed by atoms with Gasteiger partial charge in [-0.15, -0.1) is 6.58 Å². The van der Waals surface area contributed by atoms with Gasteiger partial charge in [0, 0.05) is 25.4 Å². The molecule has 1 atom stereocenters. The summed E-state index contributed by atoms with van der Waals surface area (Å²) in [7, 11) is -2.61. The van der Waals surface area contributed by atoms with Crippen molar-refractivity contribution >= 4 is 8.80 Å². The molecular formula is C11H23O3Si. The predicted molar refractivity (Wildman–Crippen MR) is 64.6 cm³/mol. The van der Waals surface area contributed by atoms with Crippen LogP contribution in [0.5, 0.6) is 0 Å². The molecule has 1 unspecified atom stereocenters. The summed E-state index contributed by atoms with van der Waals surface area (Å²) in [5.41, 5.74) is 0.0809. The average Bonchev–Trinajstić information content (AvgIpc) is 2.20. The number of rotatable bonds is 9. The molecule has 0 spiro atoms. The summed E-state index contributed by atoms with van der Waals surface area (Å²) < 4.78 is 17.2. The molecule has 0 saturated heterocycles. The lowest BCUT2D eigenvalue weighted by molar-refractivity contribution is 0.0653. The molecule has 1 radical (unpaired) electrons. The van der Waals surface area contributed by atoms with Gasteiger partial charge in [-0.05, 0) is 27.2 Å². The number of allylic oxidation sites excluding steroid dienone is 1. The normalized spacial score (nSPS) is 13.9. The standard InChI is InChI=1S/C11H23O3Si/c1-6-11(7-2)15(12-8-3,13-9-4)14-10-5/h6,11H,1-2,7-10H2,3-5H3. The molecule has 0 rings (SSSR count). The Morgan fingerprint density at radius 1 is 1.07 bits per heavy atom. The Labute approximate surface area is 94.8 Å². The lowest BCUT2D eigenvalue weighted by Gasteiger charge is -2.33. The average molecular weight is 231 g/mol. The molecule has 0 aliphatic carbocycles. The van der Waals surface area contributed by atoms with Gasteiger partial charge in [0.05, 0.1) is 0 Å². The van der Waals surface area contributed by atoms with Crippen molar-refractivity contribution in [2.24, 2.45) is 0 Å². The zero-order valence-corrected chi connectivity index (χ0v) is 11.1. The van der Waals surface area contributed by atoms with Crippen LogP contribution in [0.1, 0.15) is 27.2 Å². The van der Waals surface area contributed by atoms with E-state index in [2.05, 4.69) is 13.5 Å². The fraction of sp³-hybridized carbons (Fsp3) is 0.727. The van der Waals surface area contributed by atoms with Crippen LogP contribution in [-0.2, 0) is 13.3 Å². The van der Waals surface area contributed by atoms with Crippen LogP contribution in [0.2, 0.25) is 5.54 Å². The van der Waals surface area contributed by atoms with Gasteiger partial charge < -0.3 is 13.3 Å². The van der Waals surface area contributed by atoms with Crippen molar-refractivity contribution in [3.63, 3.8) is 0 Å². The van der Waals surface area contributed by atoms with E-state index in [-0.39, 0.29) is 5.54 Å². The summed E-state index contributed by atoms with van der Waals surface area (Å²) in [5, 5.41) is 0. The van der Waals surface area contributed by atoms with Gasteiger partial charge in [0.25, 0.3) is 0 Å². The van der Waals surface area contributed by atoms with Crippen molar-refractivity contribution in [3.8, 4) is 0 Å². The zero-order valence-electron chi connectivity index (χ0n) is 10.1. The number of hydrogen-bond acceptors (Lipinski definition) is 3. The fourth-order valence-electron chi connectivity index (χ4n) is 1.49. The Hall–Kier alpha value is -0.163. The smallest absolute Gasteiger partial charge is 0.373 e. The largest absolute Gasteiger partial charge is 0.508 e. The molecule has 0 amide bonds. The SMILES string of the molecule is [CH2]CC(C=C)[Si](OCC)(OCC)OCC. The van der Waals surface area contributed by atoms with E-state index >= 15 is 0 Å².